The van der Waals surface area contributed by atoms with E-state index in [0.717, 1.165) is 29.8 Å². The number of sulfonamides is 1. The summed E-state index contributed by atoms with van der Waals surface area (Å²) in [5.74, 6) is -0.612. The van der Waals surface area contributed by atoms with E-state index in [0.29, 0.717) is 17.7 Å². The molecule has 0 bridgehead atoms. The summed E-state index contributed by atoms with van der Waals surface area (Å²) in [5, 5.41) is 0. The van der Waals surface area contributed by atoms with Crippen LogP contribution in [0.1, 0.15) is 22.3 Å². The number of halogens is 3. The molecule has 12 heteroatoms. The van der Waals surface area contributed by atoms with E-state index in [1.165, 1.54) is 9.21 Å². The first-order chi connectivity index (χ1) is 16.0. The fourth-order valence-electron chi connectivity index (χ4n) is 3.19. The van der Waals surface area contributed by atoms with Gasteiger partial charge < -0.3 is 9.64 Å². The molecule has 0 aromatic heterocycles. The van der Waals surface area contributed by atoms with Gasteiger partial charge in [-0.3, -0.25) is 15.1 Å². The van der Waals surface area contributed by atoms with Gasteiger partial charge in [0.2, 0.25) is 10.0 Å². The Morgan fingerprint density at radius 2 is 1.85 bits per heavy atom. The van der Waals surface area contributed by atoms with Gasteiger partial charge in [0.05, 0.1) is 11.5 Å². The lowest BCUT2D eigenvalue weighted by atomic mass is 10.1. The molecule has 3 rings (SSSR count). The molecule has 34 heavy (non-hydrogen) atoms. The fraction of sp³-hybridized carbons (Fsp3) is 0.318. The minimum Gasteiger partial charge on any atom is -0.406 e. The van der Waals surface area contributed by atoms with Crippen LogP contribution in [0.25, 0.3) is 0 Å². The molecule has 0 radical (unpaired) electrons. The summed E-state index contributed by atoms with van der Waals surface area (Å²) in [6.45, 7) is 0.431. The Labute approximate surface area is 195 Å². The topological polar surface area (TPSA) is 88.2 Å². The van der Waals surface area contributed by atoms with Gasteiger partial charge in [0.15, 0.2) is 0 Å². The maximum absolute atomic E-state index is 12.8. The summed E-state index contributed by atoms with van der Waals surface area (Å²) in [5.41, 5.74) is 4.83. The number of alkyl halides is 3. The van der Waals surface area contributed by atoms with Crippen molar-refractivity contribution in [1.29, 1.82) is 0 Å². The van der Waals surface area contributed by atoms with Crippen LogP contribution in [0.5, 0.6) is 5.75 Å². The van der Waals surface area contributed by atoms with Crippen molar-refractivity contribution in [2.45, 2.75) is 24.3 Å². The summed E-state index contributed by atoms with van der Waals surface area (Å²) in [7, 11) is -0.542. The third-order valence-corrected chi connectivity index (χ3v) is 6.77. The summed E-state index contributed by atoms with van der Waals surface area (Å²) in [6, 6.07) is 11.1. The van der Waals surface area contributed by atoms with E-state index in [-0.39, 0.29) is 30.5 Å². The zero-order valence-electron chi connectivity index (χ0n) is 18.5. The Morgan fingerprint density at radius 3 is 2.44 bits per heavy atom. The van der Waals surface area contributed by atoms with Gasteiger partial charge in [0, 0.05) is 44.9 Å². The van der Waals surface area contributed by atoms with Gasteiger partial charge in [-0.15, -0.1) is 13.2 Å². The van der Waals surface area contributed by atoms with Crippen molar-refractivity contribution in [2.24, 2.45) is 0 Å². The molecule has 0 unspecified atom stereocenters. The average Bonchev–Trinajstić information content (AvgIpc) is 2.78. The zero-order chi connectivity index (χ0) is 24.9. The molecule has 1 aliphatic rings. The maximum atomic E-state index is 12.8. The molecule has 1 aliphatic heterocycles. The van der Waals surface area contributed by atoms with Crippen molar-refractivity contribution < 1.29 is 36.0 Å². The van der Waals surface area contributed by atoms with E-state index in [9.17, 15) is 26.4 Å². The van der Waals surface area contributed by atoms with Crippen molar-refractivity contribution in [3.05, 3.63) is 71.4 Å². The van der Waals surface area contributed by atoms with E-state index in [2.05, 4.69) is 10.2 Å². The van der Waals surface area contributed by atoms with Gasteiger partial charge in [-0.2, -0.15) is 4.31 Å². The number of hydrogen-bond donors (Lipinski definition) is 1. The molecule has 1 heterocycles. The van der Waals surface area contributed by atoms with Crippen LogP contribution in [-0.4, -0.2) is 57.1 Å². The monoisotopic (exact) mass is 499 g/mol. The Morgan fingerprint density at radius 1 is 1.15 bits per heavy atom. The number of hydroxylamine groups is 1. The smallest absolute Gasteiger partial charge is 0.406 e. The molecular formula is C22H24F3N3O5S. The van der Waals surface area contributed by atoms with Crippen molar-refractivity contribution in [1.82, 2.24) is 14.7 Å². The van der Waals surface area contributed by atoms with Gasteiger partial charge in [-0.05, 0) is 48.0 Å². The number of rotatable bonds is 8. The lowest BCUT2D eigenvalue weighted by molar-refractivity contribution is -0.274. The second-order valence-corrected chi connectivity index (χ2v) is 9.59. The number of carbonyl (C=O) groups is 1. The third-order valence-electron chi connectivity index (χ3n) is 4.89. The molecule has 0 aliphatic carbocycles. The number of benzene rings is 2. The van der Waals surface area contributed by atoms with Crippen LogP contribution in [0.2, 0.25) is 0 Å². The van der Waals surface area contributed by atoms with Crippen molar-refractivity contribution >= 4 is 15.9 Å². The molecule has 0 fully saturated rings. The van der Waals surface area contributed by atoms with Crippen molar-refractivity contribution in [2.75, 3.05) is 27.2 Å². The van der Waals surface area contributed by atoms with Crippen LogP contribution >= 0.6 is 0 Å². The number of ether oxygens (including phenoxy) is 1. The molecule has 0 saturated heterocycles. The first kappa shape index (κ1) is 25.5. The van der Waals surface area contributed by atoms with Gasteiger partial charge >= 0.3 is 6.36 Å². The number of hydrogen-bond acceptors (Lipinski definition) is 6. The Balaban J connectivity index is 1.54. The molecule has 0 atom stereocenters. The largest absolute Gasteiger partial charge is 0.573 e. The summed E-state index contributed by atoms with van der Waals surface area (Å²) in [6.07, 6.45) is -2.84. The summed E-state index contributed by atoms with van der Waals surface area (Å²) in [4.78, 5) is 18.9. The second-order valence-electron chi connectivity index (χ2n) is 7.65. The van der Waals surface area contributed by atoms with Crippen LogP contribution in [0.3, 0.4) is 0 Å². The molecule has 0 spiro atoms. The Bertz CT molecular complexity index is 1150. The molecule has 2 aromatic rings. The zero-order valence-corrected chi connectivity index (χ0v) is 19.3. The molecule has 0 saturated carbocycles. The summed E-state index contributed by atoms with van der Waals surface area (Å²) >= 11 is 0. The van der Waals surface area contributed by atoms with Gasteiger partial charge in [-0.1, -0.05) is 12.1 Å². The quantitative estimate of drug-likeness (QED) is 0.561. The first-order valence-electron chi connectivity index (χ1n) is 10.2. The van der Waals surface area contributed by atoms with E-state index >= 15 is 0 Å². The van der Waals surface area contributed by atoms with Crippen molar-refractivity contribution in [3.63, 3.8) is 0 Å². The van der Waals surface area contributed by atoms with Gasteiger partial charge in [-0.25, -0.2) is 8.42 Å². The highest BCUT2D eigenvalue weighted by atomic mass is 32.2. The number of amides is 1. The van der Waals surface area contributed by atoms with Crippen LogP contribution in [0.15, 0.2) is 65.2 Å². The summed E-state index contributed by atoms with van der Waals surface area (Å²) < 4.78 is 67.4. The highest BCUT2D eigenvalue weighted by Crippen LogP contribution is 2.26. The lowest BCUT2D eigenvalue weighted by Gasteiger charge is -2.26. The van der Waals surface area contributed by atoms with Gasteiger partial charge in [0.25, 0.3) is 5.91 Å². The SMILES string of the molecule is CN(C)C(=O)c1cccc(CONC2=CCN(S(=O)(=O)c3ccc(OC(F)(F)F)cc3)CC2)c1. The highest BCUT2D eigenvalue weighted by Gasteiger charge is 2.31. The highest BCUT2D eigenvalue weighted by molar-refractivity contribution is 7.89. The molecular weight excluding hydrogens is 475 g/mol. The Kier molecular flexibility index (Phi) is 7.85. The van der Waals surface area contributed by atoms with Crippen LogP contribution in [0.4, 0.5) is 13.2 Å². The van der Waals surface area contributed by atoms with Crippen LogP contribution < -0.4 is 10.2 Å². The van der Waals surface area contributed by atoms with Crippen LogP contribution in [0, 0.1) is 0 Å². The number of carbonyl (C=O) groups excluding carboxylic acids is 1. The fourth-order valence-corrected chi connectivity index (χ4v) is 4.57. The average molecular weight is 500 g/mol. The Hall–Kier alpha value is -3.09. The standard InChI is InChI=1S/C22H24F3N3O5S/c1-27(2)21(29)17-5-3-4-16(14-17)15-32-26-18-10-12-28(13-11-18)34(30,31)20-8-6-19(7-9-20)33-22(23,24)25/h3-10,14,26H,11-13,15H2,1-2H3. The molecule has 1 N–H and O–H groups in total. The van der Waals surface area contributed by atoms with Crippen molar-refractivity contribution in [3.8, 4) is 5.75 Å². The number of nitrogens with zero attached hydrogens (tertiary/aromatic N) is 2. The first-order valence-corrected chi connectivity index (χ1v) is 11.6. The maximum Gasteiger partial charge on any atom is 0.573 e. The lowest BCUT2D eigenvalue weighted by Crippen LogP contribution is -2.36. The predicted molar refractivity (Wildman–Crippen MR) is 117 cm³/mol. The molecule has 2 aromatic carbocycles. The predicted octanol–water partition coefficient (Wildman–Crippen LogP) is 3.29. The molecule has 8 nitrogen and oxygen atoms in total. The molecule has 1 amide bonds. The molecule has 184 valence electrons. The third kappa shape index (κ3) is 6.72. The van der Waals surface area contributed by atoms with Crippen LogP contribution in [-0.2, 0) is 21.5 Å². The minimum atomic E-state index is -4.85. The van der Waals surface area contributed by atoms with Gasteiger partial charge in [0.1, 0.15) is 5.75 Å². The minimum absolute atomic E-state index is 0.0711. The van der Waals surface area contributed by atoms with E-state index in [1.807, 2.05) is 6.07 Å². The normalized spacial score (nSPS) is 14.9. The van der Waals surface area contributed by atoms with E-state index in [1.54, 1.807) is 38.4 Å². The van der Waals surface area contributed by atoms with E-state index < -0.39 is 22.1 Å². The number of nitrogens with one attached hydrogen (secondary N) is 1. The second kappa shape index (κ2) is 10.5. The van der Waals surface area contributed by atoms with E-state index in [4.69, 9.17) is 4.84 Å².